The van der Waals surface area contributed by atoms with E-state index >= 15 is 0 Å². The Labute approximate surface area is 135 Å². The maximum absolute atomic E-state index is 12.3. The van der Waals surface area contributed by atoms with Crippen molar-refractivity contribution in [3.63, 3.8) is 0 Å². The number of hydrogen-bond donors (Lipinski definition) is 2. The van der Waals surface area contributed by atoms with Crippen LogP contribution in [0.4, 0.5) is 0 Å². The molecule has 1 aliphatic carbocycles. The van der Waals surface area contributed by atoms with Crippen molar-refractivity contribution in [1.29, 1.82) is 0 Å². The monoisotopic (exact) mass is 317 g/mol. The molecule has 0 bridgehead atoms. The summed E-state index contributed by atoms with van der Waals surface area (Å²) in [6, 6.07) is 0.853. The minimum absolute atomic E-state index is 0. The van der Waals surface area contributed by atoms with Gasteiger partial charge in [-0.05, 0) is 44.1 Å². The molecule has 4 nitrogen and oxygen atoms in total. The van der Waals surface area contributed by atoms with Gasteiger partial charge in [-0.15, -0.1) is 12.4 Å². The van der Waals surface area contributed by atoms with Crippen molar-refractivity contribution in [2.24, 2.45) is 23.5 Å². The van der Waals surface area contributed by atoms with Crippen LogP contribution in [-0.2, 0) is 4.79 Å². The first-order chi connectivity index (χ1) is 9.51. The third-order valence-corrected chi connectivity index (χ3v) is 5.52. The Morgan fingerprint density at radius 3 is 2.62 bits per heavy atom. The molecule has 2 fully saturated rings. The lowest BCUT2D eigenvalue weighted by atomic mass is 9.78. The van der Waals surface area contributed by atoms with Crippen molar-refractivity contribution in [1.82, 2.24) is 10.2 Å². The van der Waals surface area contributed by atoms with Crippen LogP contribution in [0.5, 0.6) is 0 Å². The summed E-state index contributed by atoms with van der Waals surface area (Å²) >= 11 is 0. The molecule has 0 aromatic heterocycles. The topological polar surface area (TPSA) is 58.4 Å². The molecule has 1 amide bonds. The van der Waals surface area contributed by atoms with Gasteiger partial charge in [0.15, 0.2) is 0 Å². The SMILES string of the molecule is CC1CCCC(NC(=O)CN2CC(CN)CC2C)C1C.Cl. The van der Waals surface area contributed by atoms with Gasteiger partial charge in [-0.3, -0.25) is 9.69 Å². The largest absolute Gasteiger partial charge is 0.352 e. The van der Waals surface area contributed by atoms with Crippen molar-refractivity contribution in [2.75, 3.05) is 19.6 Å². The number of nitrogens with one attached hydrogen (secondary N) is 1. The van der Waals surface area contributed by atoms with Crippen LogP contribution in [0.2, 0.25) is 0 Å². The highest BCUT2D eigenvalue weighted by Gasteiger charge is 2.31. The maximum Gasteiger partial charge on any atom is 0.234 e. The van der Waals surface area contributed by atoms with Gasteiger partial charge in [0.1, 0.15) is 0 Å². The van der Waals surface area contributed by atoms with Crippen molar-refractivity contribution >= 4 is 18.3 Å². The van der Waals surface area contributed by atoms with E-state index in [0.29, 0.717) is 30.5 Å². The van der Waals surface area contributed by atoms with Gasteiger partial charge in [0, 0.05) is 18.6 Å². The van der Waals surface area contributed by atoms with Crippen LogP contribution in [-0.4, -0.2) is 42.5 Å². The Hall–Kier alpha value is -0.320. The van der Waals surface area contributed by atoms with Gasteiger partial charge in [0.2, 0.25) is 5.91 Å². The van der Waals surface area contributed by atoms with E-state index in [0.717, 1.165) is 31.8 Å². The first-order valence-electron chi connectivity index (χ1n) is 8.24. The summed E-state index contributed by atoms with van der Waals surface area (Å²) in [5.41, 5.74) is 5.74. The fourth-order valence-electron chi connectivity index (χ4n) is 3.83. The molecule has 5 atom stereocenters. The predicted molar refractivity (Wildman–Crippen MR) is 89.6 cm³/mol. The summed E-state index contributed by atoms with van der Waals surface area (Å²) in [4.78, 5) is 14.6. The summed E-state index contributed by atoms with van der Waals surface area (Å²) in [5.74, 6) is 2.08. The molecule has 2 rings (SSSR count). The lowest BCUT2D eigenvalue weighted by molar-refractivity contribution is -0.123. The van der Waals surface area contributed by atoms with Crippen molar-refractivity contribution in [3.8, 4) is 0 Å². The Bertz CT molecular complexity index is 339. The number of carbonyl (C=O) groups is 1. The molecular formula is C16H32ClN3O. The average molecular weight is 318 g/mol. The van der Waals surface area contributed by atoms with Gasteiger partial charge >= 0.3 is 0 Å². The highest BCUT2D eigenvalue weighted by molar-refractivity contribution is 5.85. The molecule has 1 heterocycles. The summed E-state index contributed by atoms with van der Waals surface area (Å²) < 4.78 is 0. The zero-order valence-corrected chi connectivity index (χ0v) is 14.5. The Kier molecular flexibility index (Phi) is 7.45. The zero-order chi connectivity index (χ0) is 14.7. The number of amides is 1. The van der Waals surface area contributed by atoms with Gasteiger partial charge in [0.25, 0.3) is 0 Å². The standard InChI is InChI=1S/C16H31N3O.ClH/c1-11-5-4-6-15(13(11)3)18-16(20)10-19-9-14(8-17)7-12(19)2;/h11-15H,4-10,17H2,1-3H3,(H,18,20);1H. The maximum atomic E-state index is 12.3. The molecule has 1 saturated carbocycles. The third kappa shape index (κ3) is 4.83. The molecule has 2 aliphatic rings. The number of carbonyl (C=O) groups excluding carboxylic acids is 1. The minimum atomic E-state index is 0. The van der Waals surface area contributed by atoms with Crippen LogP contribution in [0.1, 0.15) is 46.5 Å². The highest BCUT2D eigenvalue weighted by atomic mass is 35.5. The lowest BCUT2D eigenvalue weighted by Gasteiger charge is -2.35. The summed E-state index contributed by atoms with van der Waals surface area (Å²) in [7, 11) is 0. The molecule has 21 heavy (non-hydrogen) atoms. The molecule has 5 heteroatoms. The van der Waals surface area contributed by atoms with E-state index < -0.39 is 0 Å². The number of rotatable bonds is 4. The average Bonchev–Trinajstić information content (AvgIpc) is 2.76. The minimum Gasteiger partial charge on any atom is -0.352 e. The Morgan fingerprint density at radius 1 is 1.29 bits per heavy atom. The zero-order valence-electron chi connectivity index (χ0n) is 13.7. The molecule has 5 unspecified atom stereocenters. The molecule has 0 radical (unpaired) electrons. The summed E-state index contributed by atoms with van der Waals surface area (Å²) in [6.45, 7) is 9.03. The van der Waals surface area contributed by atoms with E-state index in [2.05, 4.69) is 31.0 Å². The second-order valence-corrected chi connectivity index (χ2v) is 7.06. The second-order valence-electron chi connectivity index (χ2n) is 7.06. The second kappa shape index (κ2) is 8.35. The molecule has 0 spiro atoms. The van der Waals surface area contributed by atoms with E-state index in [1.165, 1.54) is 12.8 Å². The quantitative estimate of drug-likeness (QED) is 0.834. The van der Waals surface area contributed by atoms with Crippen LogP contribution in [0.3, 0.4) is 0 Å². The van der Waals surface area contributed by atoms with Crippen LogP contribution in [0.25, 0.3) is 0 Å². The van der Waals surface area contributed by atoms with Crippen LogP contribution in [0, 0.1) is 17.8 Å². The first kappa shape index (κ1) is 18.7. The lowest BCUT2D eigenvalue weighted by Crippen LogP contribution is -2.47. The molecule has 1 saturated heterocycles. The third-order valence-electron chi connectivity index (χ3n) is 5.52. The molecule has 124 valence electrons. The van der Waals surface area contributed by atoms with Crippen LogP contribution in [0.15, 0.2) is 0 Å². The van der Waals surface area contributed by atoms with Crippen molar-refractivity contribution < 1.29 is 4.79 Å². The highest BCUT2D eigenvalue weighted by Crippen LogP contribution is 2.29. The number of nitrogens with two attached hydrogens (primary N) is 1. The fraction of sp³-hybridized carbons (Fsp3) is 0.938. The normalized spacial score (nSPS) is 37.0. The Balaban J connectivity index is 0.00000220. The smallest absolute Gasteiger partial charge is 0.234 e. The van der Waals surface area contributed by atoms with Gasteiger partial charge in [-0.2, -0.15) is 0 Å². The van der Waals surface area contributed by atoms with E-state index in [-0.39, 0.29) is 18.3 Å². The summed E-state index contributed by atoms with van der Waals surface area (Å²) in [6.07, 6.45) is 4.81. The number of halogens is 1. The van der Waals surface area contributed by atoms with E-state index in [1.807, 2.05) is 0 Å². The molecule has 3 N–H and O–H groups in total. The Morgan fingerprint density at radius 2 is 2.00 bits per heavy atom. The van der Waals surface area contributed by atoms with Gasteiger partial charge in [-0.1, -0.05) is 26.7 Å². The molecule has 1 aliphatic heterocycles. The van der Waals surface area contributed by atoms with Crippen molar-refractivity contribution in [3.05, 3.63) is 0 Å². The van der Waals surface area contributed by atoms with Gasteiger partial charge in [-0.25, -0.2) is 0 Å². The van der Waals surface area contributed by atoms with Crippen LogP contribution >= 0.6 is 12.4 Å². The fourth-order valence-corrected chi connectivity index (χ4v) is 3.83. The predicted octanol–water partition coefficient (Wildman–Crippen LogP) is 2.02. The summed E-state index contributed by atoms with van der Waals surface area (Å²) in [5, 5.41) is 3.27. The molecular weight excluding hydrogens is 286 g/mol. The van der Waals surface area contributed by atoms with Crippen LogP contribution < -0.4 is 11.1 Å². The number of likely N-dealkylation sites (tertiary alicyclic amines) is 1. The molecule has 0 aromatic rings. The van der Waals surface area contributed by atoms with Gasteiger partial charge < -0.3 is 11.1 Å². The van der Waals surface area contributed by atoms with Crippen molar-refractivity contribution in [2.45, 2.75) is 58.5 Å². The van der Waals surface area contributed by atoms with Gasteiger partial charge in [0.05, 0.1) is 6.54 Å². The van der Waals surface area contributed by atoms with E-state index in [1.54, 1.807) is 0 Å². The van der Waals surface area contributed by atoms with E-state index in [9.17, 15) is 4.79 Å². The van der Waals surface area contributed by atoms with E-state index in [4.69, 9.17) is 5.73 Å². The number of hydrogen-bond acceptors (Lipinski definition) is 3. The first-order valence-corrected chi connectivity index (χ1v) is 8.24. The molecule has 0 aromatic carbocycles. The number of nitrogens with zero attached hydrogens (tertiary/aromatic N) is 1.